The van der Waals surface area contributed by atoms with E-state index >= 15 is 0 Å². The highest BCUT2D eigenvalue weighted by atomic mass is 16.6. The van der Waals surface area contributed by atoms with Crippen molar-refractivity contribution in [3.8, 4) is 0 Å². The summed E-state index contributed by atoms with van der Waals surface area (Å²) in [6.07, 6.45) is -0.882. The third-order valence-electron chi connectivity index (χ3n) is 10.1. The van der Waals surface area contributed by atoms with Gasteiger partial charge in [0.25, 0.3) is 0 Å². The minimum atomic E-state index is -1.65. The summed E-state index contributed by atoms with van der Waals surface area (Å²) < 4.78 is 16.9. The Balaban J connectivity index is 2.52. The number of carboxylic acids is 1. The van der Waals surface area contributed by atoms with E-state index in [-0.39, 0.29) is 25.6 Å². The van der Waals surface area contributed by atoms with Crippen LogP contribution in [-0.2, 0) is 56.0 Å². The first-order chi connectivity index (χ1) is 28.8. The van der Waals surface area contributed by atoms with Crippen LogP contribution in [0.25, 0.3) is 0 Å². The third-order valence-corrected chi connectivity index (χ3v) is 10.1. The van der Waals surface area contributed by atoms with Crippen LogP contribution in [0.15, 0.2) is 60.7 Å². The largest absolute Gasteiger partial charge is 0.480 e. The zero-order valence-corrected chi connectivity index (χ0v) is 38.7. The summed E-state index contributed by atoms with van der Waals surface area (Å²) in [5, 5.41) is 15.1. The molecule has 2 aromatic carbocycles. The fourth-order valence-electron chi connectivity index (χ4n) is 6.67. The number of hydrogen-bond acceptors (Lipinski definition) is 10. The van der Waals surface area contributed by atoms with E-state index in [1.165, 1.54) is 30.9 Å². The Morgan fingerprint density at radius 3 is 1.68 bits per heavy atom. The summed E-state index contributed by atoms with van der Waals surface area (Å²) in [4.78, 5) is 99.2. The van der Waals surface area contributed by atoms with Gasteiger partial charge in [-0.25, -0.2) is 9.59 Å². The smallest absolute Gasteiger partial charge is 0.410 e. The van der Waals surface area contributed by atoms with Crippen molar-refractivity contribution in [1.82, 2.24) is 25.3 Å². The number of esters is 1. The Hall–Kier alpha value is -5.51. The normalized spacial score (nSPS) is 14.5. The molecular formula is C46H69N5O11. The molecule has 5 amide bonds. The van der Waals surface area contributed by atoms with Gasteiger partial charge in [-0.05, 0) is 64.5 Å². The van der Waals surface area contributed by atoms with E-state index in [1.54, 1.807) is 85.7 Å². The zero-order chi connectivity index (χ0) is 47.1. The lowest BCUT2D eigenvalue weighted by molar-refractivity contribution is -0.159. The minimum Gasteiger partial charge on any atom is -0.480 e. The topological polar surface area (TPSA) is 201 Å². The predicted molar refractivity (Wildman–Crippen MR) is 233 cm³/mol. The van der Waals surface area contributed by atoms with Crippen LogP contribution in [-0.4, -0.2) is 131 Å². The fraction of sp³-hybridized carbons (Fsp3) is 0.587. The molecule has 2 rings (SSSR count). The molecule has 0 radical (unpaired) electrons. The summed E-state index contributed by atoms with van der Waals surface area (Å²) in [6, 6.07) is 11.5. The molecule has 0 aliphatic rings. The predicted octanol–water partition coefficient (Wildman–Crippen LogP) is 4.82. The van der Waals surface area contributed by atoms with Crippen LogP contribution in [0.3, 0.4) is 0 Å². The number of amides is 5. The molecule has 16 heteroatoms. The van der Waals surface area contributed by atoms with Crippen molar-refractivity contribution in [2.45, 2.75) is 137 Å². The molecule has 0 saturated heterocycles. The minimum absolute atomic E-state index is 0.00135. The van der Waals surface area contributed by atoms with Crippen LogP contribution in [0.2, 0.25) is 0 Å². The van der Waals surface area contributed by atoms with E-state index in [2.05, 4.69) is 10.6 Å². The molecule has 6 atom stereocenters. The van der Waals surface area contributed by atoms with E-state index in [4.69, 9.17) is 14.2 Å². The molecule has 3 N–H and O–H groups in total. The summed E-state index contributed by atoms with van der Waals surface area (Å²) in [5.74, 6) is -6.03. The number of likely N-dealkylation sites (N-methyl/N-ethyl adjacent to an activating group) is 3. The standard InChI is InChI=1S/C46H69N5O11/c1-14-30(4)38(51(13)44(59)60-27-32-23-19-16-20-24-32)40(54)48-34(28-61-45(5,6)7)41(55)49(11)35(25-31-21-17-15-18-22-31)42(56)50(12)37(29(2)3)39(53)47-33(43(57)58)26-36(52)62-46(8,9)10/h15-24,29-30,33-35,37-38H,14,25-28H2,1-13H3,(H,47,53)(H,48,54)(H,57,58)/t30-,33-,34-,35-,37-,38-/m0/s1. The number of carbonyl (C=O) groups excluding carboxylic acids is 6. The van der Waals surface area contributed by atoms with Crippen LogP contribution < -0.4 is 10.6 Å². The molecule has 62 heavy (non-hydrogen) atoms. The first-order valence-electron chi connectivity index (χ1n) is 21.0. The second-order valence-corrected chi connectivity index (χ2v) is 17.9. The number of aliphatic carboxylic acids is 1. The lowest BCUT2D eigenvalue weighted by atomic mass is 9.96. The molecule has 16 nitrogen and oxygen atoms in total. The summed E-state index contributed by atoms with van der Waals surface area (Å²) in [7, 11) is 4.26. The zero-order valence-electron chi connectivity index (χ0n) is 38.7. The molecule has 0 aliphatic heterocycles. The highest BCUT2D eigenvalue weighted by Crippen LogP contribution is 2.21. The van der Waals surface area contributed by atoms with Crippen molar-refractivity contribution < 1.29 is 52.9 Å². The van der Waals surface area contributed by atoms with Crippen LogP contribution in [0.1, 0.15) is 93.2 Å². The summed E-state index contributed by atoms with van der Waals surface area (Å²) in [5.41, 5.74) is -0.186. The number of carbonyl (C=O) groups is 7. The quantitative estimate of drug-likeness (QED) is 0.145. The maximum atomic E-state index is 14.7. The fourth-order valence-corrected chi connectivity index (χ4v) is 6.67. The van der Waals surface area contributed by atoms with E-state index in [0.29, 0.717) is 12.0 Å². The number of rotatable bonds is 21. The average Bonchev–Trinajstić information content (AvgIpc) is 3.18. The molecule has 0 aromatic heterocycles. The molecule has 0 aliphatic carbocycles. The Labute approximate surface area is 367 Å². The van der Waals surface area contributed by atoms with Gasteiger partial charge in [-0.2, -0.15) is 0 Å². The second kappa shape index (κ2) is 23.6. The molecule has 0 heterocycles. The van der Waals surface area contributed by atoms with Gasteiger partial charge in [0.15, 0.2) is 0 Å². The van der Waals surface area contributed by atoms with Crippen molar-refractivity contribution in [2.75, 3.05) is 27.7 Å². The van der Waals surface area contributed by atoms with Crippen LogP contribution >= 0.6 is 0 Å². The number of nitrogens with zero attached hydrogens (tertiary/aromatic N) is 3. The maximum Gasteiger partial charge on any atom is 0.410 e. The molecule has 0 unspecified atom stereocenters. The van der Waals surface area contributed by atoms with Crippen molar-refractivity contribution >= 4 is 41.7 Å². The van der Waals surface area contributed by atoms with Gasteiger partial charge in [0.05, 0.1) is 18.6 Å². The van der Waals surface area contributed by atoms with Gasteiger partial charge in [-0.3, -0.25) is 28.9 Å². The molecular weight excluding hydrogens is 799 g/mol. The Bertz CT molecular complexity index is 1810. The van der Waals surface area contributed by atoms with E-state index in [9.17, 15) is 38.7 Å². The van der Waals surface area contributed by atoms with Gasteiger partial charge in [0.2, 0.25) is 23.6 Å². The van der Waals surface area contributed by atoms with E-state index < -0.39 is 95.4 Å². The number of hydrogen-bond donors (Lipinski definition) is 3. The SMILES string of the molecule is CC[C@H](C)[C@@H](C(=O)N[C@@H](COC(C)(C)C)C(=O)N(C)[C@@H](Cc1ccccc1)C(=O)N(C)[C@H](C(=O)N[C@@H](CC(=O)OC(C)(C)C)C(=O)O)C(C)C)N(C)C(=O)OCc1ccccc1. The maximum absolute atomic E-state index is 14.7. The van der Waals surface area contributed by atoms with Crippen molar-refractivity contribution in [3.05, 3.63) is 71.8 Å². The summed E-state index contributed by atoms with van der Waals surface area (Å²) >= 11 is 0. The first-order valence-corrected chi connectivity index (χ1v) is 21.0. The van der Waals surface area contributed by atoms with Gasteiger partial charge in [0.1, 0.15) is 42.4 Å². The van der Waals surface area contributed by atoms with Crippen LogP contribution in [0, 0.1) is 11.8 Å². The Kier molecular flexibility index (Phi) is 20.1. The van der Waals surface area contributed by atoms with Gasteiger partial charge in [0, 0.05) is 27.6 Å². The molecule has 0 saturated carbocycles. The molecule has 0 fully saturated rings. The van der Waals surface area contributed by atoms with E-state index in [1.807, 2.05) is 44.2 Å². The number of ether oxygens (including phenoxy) is 3. The van der Waals surface area contributed by atoms with Gasteiger partial charge < -0.3 is 39.8 Å². The lowest BCUT2D eigenvalue weighted by Gasteiger charge is -2.38. The number of benzene rings is 2. The van der Waals surface area contributed by atoms with Gasteiger partial charge in [-0.1, -0.05) is 94.8 Å². The number of carboxylic acid groups (broad SMARTS) is 1. The molecule has 0 bridgehead atoms. The first kappa shape index (κ1) is 52.6. The van der Waals surface area contributed by atoms with Crippen molar-refractivity contribution in [1.29, 1.82) is 0 Å². The highest BCUT2D eigenvalue weighted by Gasteiger charge is 2.41. The van der Waals surface area contributed by atoms with Crippen LogP contribution in [0.5, 0.6) is 0 Å². The Morgan fingerprint density at radius 1 is 0.677 bits per heavy atom. The third kappa shape index (κ3) is 16.7. The van der Waals surface area contributed by atoms with Crippen LogP contribution in [0.4, 0.5) is 4.79 Å². The molecule has 344 valence electrons. The summed E-state index contributed by atoms with van der Waals surface area (Å²) in [6.45, 7) is 17.0. The van der Waals surface area contributed by atoms with Gasteiger partial charge >= 0.3 is 18.0 Å². The number of nitrogens with one attached hydrogen (secondary N) is 2. The van der Waals surface area contributed by atoms with Crippen molar-refractivity contribution in [3.63, 3.8) is 0 Å². The highest BCUT2D eigenvalue weighted by molar-refractivity contribution is 5.96. The van der Waals surface area contributed by atoms with Crippen molar-refractivity contribution in [2.24, 2.45) is 11.8 Å². The Morgan fingerprint density at radius 2 is 1.19 bits per heavy atom. The lowest BCUT2D eigenvalue weighted by Crippen LogP contribution is -2.62. The molecule has 0 spiro atoms. The van der Waals surface area contributed by atoms with E-state index in [0.717, 1.165) is 10.5 Å². The van der Waals surface area contributed by atoms with Gasteiger partial charge in [-0.15, -0.1) is 0 Å². The average molecular weight is 868 g/mol. The monoisotopic (exact) mass is 867 g/mol. The molecule has 2 aromatic rings. The second-order valence-electron chi connectivity index (χ2n) is 17.9.